The Kier molecular flexibility index (Phi) is 9.99. The average molecular weight is 630 g/mol. The van der Waals surface area contributed by atoms with Gasteiger partial charge in [-0.05, 0) is 73.9 Å². The standard InChI is InChI=1S/C30H33BrN2O6S/c1-22-30(17-21-40(36,37)27-6-3-2-4-7-27,29(35)32-18-16-23-8-12-25(31)13-9-23)33-28(39-22)24-10-14-26(15-11-24)38-20-5-19-34/h2-4,6-15,22,34H,5,16-21H2,1H3,(H,32,35)/t22-,30-/m1/s1. The first-order valence-electron chi connectivity index (χ1n) is 13.1. The Bertz CT molecular complexity index is 1410. The first-order valence-corrected chi connectivity index (χ1v) is 15.6. The summed E-state index contributed by atoms with van der Waals surface area (Å²) >= 11 is 3.42. The summed E-state index contributed by atoms with van der Waals surface area (Å²) in [6.45, 7) is 2.55. The Morgan fingerprint density at radius 2 is 1.77 bits per heavy atom. The first-order chi connectivity index (χ1) is 19.2. The van der Waals surface area contributed by atoms with E-state index in [1.165, 1.54) is 0 Å². The van der Waals surface area contributed by atoms with Crippen molar-refractivity contribution in [3.05, 3.63) is 94.5 Å². The lowest BCUT2D eigenvalue weighted by atomic mass is 9.90. The van der Waals surface area contributed by atoms with E-state index in [-0.39, 0.29) is 35.5 Å². The molecule has 0 aromatic heterocycles. The highest BCUT2D eigenvalue weighted by molar-refractivity contribution is 9.10. The van der Waals surface area contributed by atoms with Crippen LogP contribution in [0.3, 0.4) is 0 Å². The van der Waals surface area contributed by atoms with Crippen molar-refractivity contribution < 1.29 is 27.8 Å². The number of ether oxygens (including phenoxy) is 2. The van der Waals surface area contributed by atoms with E-state index in [2.05, 4.69) is 21.2 Å². The van der Waals surface area contributed by atoms with E-state index in [1.807, 2.05) is 24.3 Å². The summed E-state index contributed by atoms with van der Waals surface area (Å²) in [7, 11) is -3.65. The van der Waals surface area contributed by atoms with Crippen LogP contribution in [0.15, 0.2) is 93.2 Å². The predicted molar refractivity (Wildman–Crippen MR) is 157 cm³/mol. The second-order valence-electron chi connectivity index (χ2n) is 9.57. The molecule has 3 aromatic rings. The van der Waals surface area contributed by atoms with Crippen LogP contribution in [0.2, 0.25) is 0 Å². The van der Waals surface area contributed by atoms with Crippen molar-refractivity contribution in [2.75, 3.05) is 25.5 Å². The van der Waals surface area contributed by atoms with Gasteiger partial charge in [-0.2, -0.15) is 0 Å². The van der Waals surface area contributed by atoms with E-state index in [0.29, 0.717) is 37.3 Å². The molecule has 0 aliphatic carbocycles. The van der Waals surface area contributed by atoms with Crippen LogP contribution in [0.1, 0.15) is 30.9 Å². The van der Waals surface area contributed by atoms with Crippen molar-refractivity contribution in [1.82, 2.24) is 5.32 Å². The minimum atomic E-state index is -3.65. The fourth-order valence-electron chi connectivity index (χ4n) is 4.41. The van der Waals surface area contributed by atoms with E-state index < -0.39 is 21.5 Å². The molecule has 1 heterocycles. The van der Waals surface area contributed by atoms with E-state index in [9.17, 15) is 13.2 Å². The number of aliphatic hydroxyl groups is 1. The molecule has 212 valence electrons. The Hall–Kier alpha value is -3.21. The molecule has 1 aliphatic heterocycles. The van der Waals surface area contributed by atoms with Crippen molar-refractivity contribution in [2.45, 2.75) is 42.7 Å². The van der Waals surface area contributed by atoms with Crippen molar-refractivity contribution >= 4 is 37.6 Å². The van der Waals surface area contributed by atoms with Gasteiger partial charge in [0.15, 0.2) is 15.4 Å². The summed E-state index contributed by atoms with van der Waals surface area (Å²) in [5, 5.41) is 11.9. The number of nitrogens with zero attached hydrogens (tertiary/aromatic N) is 1. The smallest absolute Gasteiger partial charge is 0.251 e. The minimum absolute atomic E-state index is 0.0403. The summed E-state index contributed by atoms with van der Waals surface area (Å²) in [6.07, 6.45) is 0.407. The summed E-state index contributed by atoms with van der Waals surface area (Å²) in [5.41, 5.74) is 0.287. The quantitative estimate of drug-likeness (QED) is 0.272. The van der Waals surface area contributed by atoms with Crippen molar-refractivity contribution in [2.24, 2.45) is 4.99 Å². The van der Waals surface area contributed by atoms with Gasteiger partial charge in [-0.15, -0.1) is 0 Å². The second kappa shape index (κ2) is 13.4. The van der Waals surface area contributed by atoms with Gasteiger partial charge in [0.1, 0.15) is 11.9 Å². The van der Waals surface area contributed by atoms with Gasteiger partial charge in [-0.3, -0.25) is 4.79 Å². The van der Waals surface area contributed by atoms with Gasteiger partial charge in [-0.1, -0.05) is 46.3 Å². The third-order valence-electron chi connectivity index (χ3n) is 6.79. The average Bonchev–Trinajstić information content (AvgIpc) is 3.31. The fraction of sp³-hybridized carbons (Fsp3) is 0.333. The molecule has 40 heavy (non-hydrogen) atoms. The van der Waals surface area contributed by atoms with Crippen molar-refractivity contribution in [3.8, 4) is 5.75 Å². The maximum atomic E-state index is 13.7. The van der Waals surface area contributed by atoms with Gasteiger partial charge in [0.2, 0.25) is 5.90 Å². The molecular formula is C30H33BrN2O6S. The van der Waals surface area contributed by atoms with Crippen molar-refractivity contribution in [1.29, 1.82) is 0 Å². The number of aliphatic hydroxyl groups excluding tert-OH is 1. The van der Waals surface area contributed by atoms with Gasteiger partial charge in [0.25, 0.3) is 5.91 Å². The summed E-state index contributed by atoms with van der Waals surface area (Å²) in [4.78, 5) is 18.7. The highest BCUT2D eigenvalue weighted by Gasteiger charge is 2.50. The molecule has 0 fully saturated rings. The number of hydrogen-bond donors (Lipinski definition) is 2. The van der Waals surface area contributed by atoms with E-state index in [4.69, 9.17) is 19.6 Å². The maximum Gasteiger partial charge on any atom is 0.251 e. The maximum absolute atomic E-state index is 13.7. The zero-order valence-electron chi connectivity index (χ0n) is 22.3. The number of amides is 1. The lowest BCUT2D eigenvalue weighted by Gasteiger charge is -2.28. The second-order valence-corrected chi connectivity index (χ2v) is 12.6. The SMILES string of the molecule is C[C@H]1OC(c2ccc(OCCCO)cc2)=N[C@@]1(CCS(=O)(=O)c1ccccc1)C(=O)NCCc1ccc(Br)cc1. The number of sulfone groups is 1. The Morgan fingerprint density at radius 1 is 1.07 bits per heavy atom. The molecule has 4 rings (SSSR count). The number of nitrogens with one attached hydrogen (secondary N) is 1. The molecule has 0 bridgehead atoms. The molecule has 0 unspecified atom stereocenters. The zero-order chi connectivity index (χ0) is 28.6. The largest absolute Gasteiger partial charge is 0.494 e. The van der Waals surface area contributed by atoms with Crippen LogP contribution in [-0.4, -0.2) is 62.5 Å². The van der Waals surface area contributed by atoms with Crippen LogP contribution < -0.4 is 10.1 Å². The van der Waals surface area contributed by atoms with Crippen LogP contribution in [0, 0.1) is 0 Å². The molecule has 1 aliphatic rings. The number of halogens is 1. The highest BCUT2D eigenvalue weighted by atomic mass is 79.9. The lowest BCUT2D eigenvalue weighted by Crippen LogP contribution is -2.52. The van der Waals surface area contributed by atoms with Crippen LogP contribution in [-0.2, 0) is 25.8 Å². The number of hydrogen-bond acceptors (Lipinski definition) is 7. The third-order valence-corrected chi connectivity index (χ3v) is 9.06. The Balaban J connectivity index is 1.55. The first kappa shape index (κ1) is 29.8. The van der Waals surface area contributed by atoms with E-state index in [0.717, 1.165) is 10.0 Å². The number of carbonyl (C=O) groups excluding carboxylic acids is 1. The molecule has 1 amide bonds. The Labute approximate surface area is 243 Å². The van der Waals surface area contributed by atoms with Crippen LogP contribution in [0.4, 0.5) is 0 Å². The third kappa shape index (κ3) is 7.30. The molecule has 0 radical (unpaired) electrons. The van der Waals surface area contributed by atoms with Gasteiger partial charge >= 0.3 is 0 Å². The highest BCUT2D eigenvalue weighted by Crippen LogP contribution is 2.33. The van der Waals surface area contributed by atoms with Gasteiger partial charge < -0.3 is 19.9 Å². The zero-order valence-corrected chi connectivity index (χ0v) is 24.7. The summed E-state index contributed by atoms with van der Waals surface area (Å²) in [6, 6.07) is 23.1. The molecule has 0 spiro atoms. The molecule has 10 heteroatoms. The Morgan fingerprint density at radius 3 is 2.45 bits per heavy atom. The van der Waals surface area contributed by atoms with Gasteiger partial charge in [0.05, 0.1) is 17.3 Å². The summed E-state index contributed by atoms with van der Waals surface area (Å²) in [5.74, 6) is 0.267. The molecule has 0 saturated heterocycles. The summed E-state index contributed by atoms with van der Waals surface area (Å²) < 4.78 is 38.9. The number of rotatable bonds is 13. The molecule has 3 aromatic carbocycles. The predicted octanol–water partition coefficient (Wildman–Crippen LogP) is 4.34. The van der Waals surface area contributed by atoms with E-state index in [1.54, 1.807) is 61.5 Å². The normalized spacial score (nSPS) is 18.6. The molecule has 8 nitrogen and oxygen atoms in total. The molecule has 2 atom stereocenters. The number of aliphatic imine (C=N–C) groups is 1. The fourth-order valence-corrected chi connectivity index (χ4v) is 6.06. The van der Waals surface area contributed by atoms with Crippen molar-refractivity contribution in [3.63, 3.8) is 0 Å². The number of benzene rings is 3. The monoisotopic (exact) mass is 628 g/mol. The molecule has 2 N–H and O–H groups in total. The molecule has 0 saturated carbocycles. The molecular weight excluding hydrogens is 596 g/mol. The minimum Gasteiger partial charge on any atom is -0.494 e. The van der Waals surface area contributed by atoms with Crippen LogP contribution >= 0.6 is 15.9 Å². The van der Waals surface area contributed by atoms with E-state index >= 15 is 0 Å². The number of carbonyl (C=O) groups is 1. The van der Waals surface area contributed by atoms with Crippen LogP contribution in [0.25, 0.3) is 0 Å². The van der Waals surface area contributed by atoms with Crippen LogP contribution in [0.5, 0.6) is 5.75 Å². The van der Waals surface area contributed by atoms with Gasteiger partial charge in [-0.25, -0.2) is 13.4 Å². The topological polar surface area (TPSA) is 114 Å². The van der Waals surface area contributed by atoms with Gasteiger partial charge in [0, 0.05) is 29.6 Å². The lowest BCUT2D eigenvalue weighted by molar-refractivity contribution is -0.128.